The summed E-state index contributed by atoms with van der Waals surface area (Å²) in [6.45, 7) is 9.26. The van der Waals surface area contributed by atoms with Crippen molar-refractivity contribution in [1.82, 2.24) is 9.80 Å². The van der Waals surface area contributed by atoms with Crippen LogP contribution in [0.4, 0.5) is 0 Å². The molecule has 27 heavy (non-hydrogen) atoms. The molecule has 1 atom stereocenters. The summed E-state index contributed by atoms with van der Waals surface area (Å²) in [7, 11) is 0. The van der Waals surface area contributed by atoms with Crippen LogP contribution in [0.3, 0.4) is 0 Å². The summed E-state index contributed by atoms with van der Waals surface area (Å²) in [6, 6.07) is 6.17. The number of halogens is 2. The molecule has 2 aliphatic heterocycles. The Morgan fingerprint density at radius 3 is 2.52 bits per heavy atom. The lowest BCUT2D eigenvalue weighted by atomic mass is 10.1. The quantitative estimate of drug-likeness (QED) is 0.617. The van der Waals surface area contributed by atoms with Gasteiger partial charge in [-0.25, -0.2) is 0 Å². The summed E-state index contributed by atoms with van der Waals surface area (Å²) in [4.78, 5) is 4.77. The van der Waals surface area contributed by atoms with Crippen molar-refractivity contribution in [3.05, 3.63) is 23.8 Å². The molecule has 2 aliphatic rings. The van der Waals surface area contributed by atoms with Crippen LogP contribution in [-0.4, -0.2) is 73.7 Å². The third-order valence-electron chi connectivity index (χ3n) is 4.73. The Hall–Kier alpha value is -0.760. The summed E-state index contributed by atoms with van der Waals surface area (Å²) in [6.07, 6.45) is 1.80. The second kappa shape index (κ2) is 12.6. The Bertz CT molecular complexity index is 542. The van der Waals surface area contributed by atoms with Gasteiger partial charge in [-0.2, -0.15) is 0 Å². The van der Waals surface area contributed by atoms with E-state index in [0.717, 1.165) is 63.7 Å². The molecule has 156 valence electrons. The van der Waals surface area contributed by atoms with Gasteiger partial charge in [0.25, 0.3) is 0 Å². The molecule has 0 saturated carbocycles. The molecule has 0 spiro atoms. The molecule has 2 heterocycles. The minimum Gasteiger partial charge on any atom is -0.454 e. The summed E-state index contributed by atoms with van der Waals surface area (Å²) in [5, 5.41) is 10.1. The number of β-amino-alcohol motifs (C(OH)–C–C–N with tert-alkyl or cyclic N) is 1. The van der Waals surface area contributed by atoms with E-state index < -0.39 is 6.10 Å². The van der Waals surface area contributed by atoms with Gasteiger partial charge in [0, 0.05) is 45.9 Å². The van der Waals surface area contributed by atoms with Crippen LogP contribution in [0.15, 0.2) is 18.2 Å². The Morgan fingerprint density at radius 1 is 1.07 bits per heavy atom. The van der Waals surface area contributed by atoms with Crippen molar-refractivity contribution >= 4 is 24.8 Å². The molecule has 0 radical (unpaired) electrons. The van der Waals surface area contributed by atoms with E-state index in [1.54, 1.807) is 0 Å². The normalized spacial score (nSPS) is 17.9. The van der Waals surface area contributed by atoms with E-state index in [2.05, 4.69) is 28.9 Å². The average molecular weight is 423 g/mol. The number of unbranched alkanes of at least 4 members (excludes halogenated alkanes) is 1. The van der Waals surface area contributed by atoms with Gasteiger partial charge in [-0.05, 0) is 24.1 Å². The third-order valence-corrected chi connectivity index (χ3v) is 4.73. The van der Waals surface area contributed by atoms with Gasteiger partial charge < -0.3 is 19.3 Å². The minimum atomic E-state index is -0.391. The minimum absolute atomic E-state index is 0. The molecule has 6 nitrogen and oxygen atoms in total. The van der Waals surface area contributed by atoms with Crippen LogP contribution >= 0.6 is 24.8 Å². The van der Waals surface area contributed by atoms with E-state index in [1.165, 1.54) is 5.56 Å². The van der Waals surface area contributed by atoms with E-state index in [9.17, 15) is 5.11 Å². The monoisotopic (exact) mass is 422 g/mol. The number of nitrogens with zero attached hydrogens (tertiary/aromatic N) is 2. The summed E-state index contributed by atoms with van der Waals surface area (Å²) >= 11 is 0. The van der Waals surface area contributed by atoms with Gasteiger partial charge in [-0.3, -0.25) is 9.80 Å². The maximum absolute atomic E-state index is 10.1. The van der Waals surface area contributed by atoms with Crippen molar-refractivity contribution in [1.29, 1.82) is 0 Å². The number of ether oxygens (including phenoxy) is 3. The van der Waals surface area contributed by atoms with E-state index in [1.807, 2.05) is 6.07 Å². The molecule has 1 N–H and O–H groups in total. The van der Waals surface area contributed by atoms with Crippen LogP contribution in [0.25, 0.3) is 0 Å². The molecule has 1 fully saturated rings. The molecule has 1 saturated heterocycles. The number of hydrogen-bond donors (Lipinski definition) is 1. The first kappa shape index (κ1) is 24.3. The topological polar surface area (TPSA) is 54.4 Å². The van der Waals surface area contributed by atoms with Gasteiger partial charge in [0.05, 0.1) is 12.7 Å². The van der Waals surface area contributed by atoms with E-state index in [4.69, 9.17) is 14.2 Å². The second-order valence-corrected chi connectivity index (χ2v) is 6.85. The molecule has 1 aromatic carbocycles. The van der Waals surface area contributed by atoms with E-state index in [0.29, 0.717) is 19.9 Å². The molecule has 0 aromatic heterocycles. The first-order valence-corrected chi connectivity index (χ1v) is 9.33. The van der Waals surface area contributed by atoms with Gasteiger partial charge in [-0.15, -0.1) is 24.8 Å². The molecular formula is C19H32Cl2N2O4. The predicted molar refractivity (Wildman–Crippen MR) is 111 cm³/mol. The smallest absolute Gasteiger partial charge is 0.231 e. The number of hydrogen-bond acceptors (Lipinski definition) is 6. The van der Waals surface area contributed by atoms with Crippen LogP contribution in [-0.2, 0) is 11.3 Å². The van der Waals surface area contributed by atoms with Gasteiger partial charge in [0.15, 0.2) is 11.5 Å². The zero-order valence-corrected chi connectivity index (χ0v) is 17.6. The molecule has 1 unspecified atom stereocenters. The van der Waals surface area contributed by atoms with Gasteiger partial charge in [0.1, 0.15) is 0 Å². The lowest BCUT2D eigenvalue weighted by Crippen LogP contribution is -2.48. The molecule has 0 bridgehead atoms. The van der Waals surface area contributed by atoms with Crippen LogP contribution in [0.2, 0.25) is 0 Å². The second-order valence-electron chi connectivity index (χ2n) is 6.85. The van der Waals surface area contributed by atoms with Crippen LogP contribution in [0.1, 0.15) is 25.3 Å². The lowest BCUT2D eigenvalue weighted by Gasteiger charge is -2.35. The molecule has 0 amide bonds. The molecule has 0 aliphatic carbocycles. The highest BCUT2D eigenvalue weighted by Gasteiger charge is 2.20. The predicted octanol–water partition coefficient (Wildman–Crippen LogP) is 2.55. The Labute approximate surface area is 174 Å². The van der Waals surface area contributed by atoms with Gasteiger partial charge in [-0.1, -0.05) is 19.4 Å². The van der Waals surface area contributed by atoms with Crippen molar-refractivity contribution < 1.29 is 19.3 Å². The highest BCUT2D eigenvalue weighted by Crippen LogP contribution is 2.32. The first-order valence-electron chi connectivity index (χ1n) is 9.33. The standard InChI is InChI=1S/C19H30N2O4.2ClH/c1-2-3-10-23-14-17(22)13-21-8-6-20(7-9-21)12-16-4-5-18-19(11-16)25-15-24-18;;/h4-5,11,17,22H,2-3,6-10,12-15H2,1H3;2*1H. The lowest BCUT2D eigenvalue weighted by molar-refractivity contribution is 0.00587. The first-order chi connectivity index (χ1) is 12.2. The Kier molecular flexibility index (Phi) is 11.4. The van der Waals surface area contributed by atoms with Crippen molar-refractivity contribution in [3.63, 3.8) is 0 Å². The number of aliphatic hydroxyl groups excluding tert-OH is 1. The number of rotatable bonds is 9. The number of piperazine rings is 1. The highest BCUT2D eigenvalue weighted by molar-refractivity contribution is 5.85. The Balaban J connectivity index is 0.00000182. The molecular weight excluding hydrogens is 391 g/mol. The van der Waals surface area contributed by atoms with Crippen LogP contribution in [0, 0.1) is 0 Å². The SMILES string of the molecule is CCCCOCC(O)CN1CCN(Cc2ccc3c(c2)OCO3)CC1.Cl.Cl. The number of fused-ring (bicyclic) bond motifs is 1. The largest absolute Gasteiger partial charge is 0.454 e. The van der Waals surface area contributed by atoms with Crippen molar-refractivity contribution in [2.24, 2.45) is 0 Å². The Morgan fingerprint density at radius 2 is 1.78 bits per heavy atom. The fourth-order valence-electron chi connectivity index (χ4n) is 3.24. The van der Waals surface area contributed by atoms with E-state index >= 15 is 0 Å². The molecule has 1 aromatic rings. The highest BCUT2D eigenvalue weighted by atomic mass is 35.5. The third kappa shape index (κ3) is 7.64. The van der Waals surface area contributed by atoms with Gasteiger partial charge in [0.2, 0.25) is 6.79 Å². The summed E-state index contributed by atoms with van der Waals surface area (Å²) in [5.41, 5.74) is 1.25. The average Bonchev–Trinajstić information content (AvgIpc) is 3.08. The summed E-state index contributed by atoms with van der Waals surface area (Å²) < 4.78 is 16.3. The molecule has 3 rings (SSSR count). The van der Waals surface area contributed by atoms with Crippen LogP contribution < -0.4 is 9.47 Å². The zero-order chi connectivity index (χ0) is 17.5. The van der Waals surface area contributed by atoms with E-state index in [-0.39, 0.29) is 24.8 Å². The maximum Gasteiger partial charge on any atom is 0.231 e. The number of aliphatic hydroxyl groups is 1. The van der Waals surface area contributed by atoms with Crippen molar-refractivity contribution in [3.8, 4) is 11.5 Å². The molecule has 8 heteroatoms. The number of benzene rings is 1. The van der Waals surface area contributed by atoms with Gasteiger partial charge >= 0.3 is 0 Å². The van der Waals surface area contributed by atoms with Crippen LogP contribution in [0.5, 0.6) is 11.5 Å². The van der Waals surface area contributed by atoms with Crippen molar-refractivity contribution in [2.45, 2.75) is 32.4 Å². The summed E-state index contributed by atoms with van der Waals surface area (Å²) in [5.74, 6) is 1.69. The zero-order valence-electron chi connectivity index (χ0n) is 16.0. The fraction of sp³-hybridized carbons (Fsp3) is 0.684. The maximum atomic E-state index is 10.1. The fourth-order valence-corrected chi connectivity index (χ4v) is 3.24. The van der Waals surface area contributed by atoms with Crippen molar-refractivity contribution in [2.75, 3.05) is 52.7 Å².